The van der Waals surface area contributed by atoms with E-state index in [0.29, 0.717) is 28.3 Å². The Balaban J connectivity index is 2.16. The first-order valence-electron chi connectivity index (χ1n) is 6.18. The number of hydrogen-bond donors (Lipinski definition) is 1. The highest BCUT2D eigenvalue weighted by Gasteiger charge is 2.34. The number of aromatic nitrogens is 2. The van der Waals surface area contributed by atoms with Gasteiger partial charge in [-0.2, -0.15) is 13.2 Å². The van der Waals surface area contributed by atoms with E-state index < -0.39 is 11.2 Å². The molecule has 0 saturated carbocycles. The van der Waals surface area contributed by atoms with Gasteiger partial charge in [0, 0.05) is 30.7 Å². The molecule has 0 aliphatic carbocycles. The smallest absolute Gasteiger partial charge is 0.313 e. The lowest BCUT2D eigenvalue weighted by molar-refractivity contribution is -0.137. The van der Waals surface area contributed by atoms with Crippen molar-refractivity contribution in [3.63, 3.8) is 0 Å². The molecule has 20 heavy (non-hydrogen) atoms. The van der Waals surface area contributed by atoms with Crippen LogP contribution in [0, 0.1) is 0 Å². The van der Waals surface area contributed by atoms with Crippen molar-refractivity contribution in [3.05, 3.63) is 35.2 Å². The Bertz CT molecular complexity index is 566. The van der Waals surface area contributed by atoms with Crippen molar-refractivity contribution in [2.45, 2.75) is 26.1 Å². The van der Waals surface area contributed by atoms with Crippen LogP contribution in [0.25, 0.3) is 10.4 Å². The molecule has 2 heterocycles. The zero-order valence-corrected chi connectivity index (χ0v) is 11.7. The Morgan fingerprint density at radius 3 is 2.70 bits per heavy atom. The summed E-state index contributed by atoms with van der Waals surface area (Å²) in [4.78, 5) is 7.96. The molecule has 2 rings (SSSR count). The van der Waals surface area contributed by atoms with Gasteiger partial charge in [0.15, 0.2) is 5.01 Å². The van der Waals surface area contributed by atoms with Crippen LogP contribution in [0.4, 0.5) is 13.2 Å². The summed E-state index contributed by atoms with van der Waals surface area (Å²) in [6, 6.07) is 1.84. The van der Waals surface area contributed by atoms with Crippen LogP contribution in [0.2, 0.25) is 0 Å². The third-order valence-electron chi connectivity index (χ3n) is 2.58. The summed E-state index contributed by atoms with van der Waals surface area (Å²) in [6.07, 6.45) is 1.14. The normalized spacial score (nSPS) is 11.8. The molecule has 0 spiro atoms. The molecule has 0 aliphatic rings. The molecule has 1 N–H and O–H groups in total. The molecule has 0 aromatic carbocycles. The van der Waals surface area contributed by atoms with E-state index in [2.05, 4.69) is 22.2 Å². The first-order chi connectivity index (χ1) is 9.50. The van der Waals surface area contributed by atoms with Crippen LogP contribution < -0.4 is 5.32 Å². The maximum atomic E-state index is 12.5. The highest BCUT2D eigenvalue weighted by Crippen LogP contribution is 2.36. The van der Waals surface area contributed by atoms with Gasteiger partial charge in [-0.1, -0.05) is 6.92 Å². The van der Waals surface area contributed by atoms with Crippen LogP contribution in [0.5, 0.6) is 0 Å². The average molecular weight is 301 g/mol. The van der Waals surface area contributed by atoms with Gasteiger partial charge in [-0.25, -0.2) is 4.98 Å². The molecule has 0 saturated heterocycles. The highest BCUT2D eigenvalue weighted by molar-refractivity contribution is 7.15. The Morgan fingerprint density at radius 2 is 2.05 bits per heavy atom. The second kappa shape index (κ2) is 6.32. The van der Waals surface area contributed by atoms with Crippen molar-refractivity contribution < 1.29 is 13.2 Å². The third kappa shape index (κ3) is 3.77. The predicted octanol–water partition coefficient (Wildman–Crippen LogP) is 3.72. The van der Waals surface area contributed by atoms with Crippen LogP contribution in [0.1, 0.15) is 23.9 Å². The lowest BCUT2D eigenvalue weighted by Gasteiger charge is -2.04. The highest BCUT2D eigenvalue weighted by atomic mass is 32.1. The molecule has 108 valence electrons. The van der Waals surface area contributed by atoms with Crippen LogP contribution >= 0.6 is 11.3 Å². The summed E-state index contributed by atoms with van der Waals surface area (Å²) in [6.45, 7) is 3.61. The Morgan fingerprint density at radius 1 is 1.25 bits per heavy atom. The molecular weight excluding hydrogens is 287 g/mol. The Hall–Kier alpha value is -1.47. The minimum Gasteiger partial charge on any atom is -0.313 e. The standard InChI is InChI=1S/C13H14F3N3S/c1-2-3-17-5-9-4-10(7-18-6-9)11-8-19-12(20-11)13(14,15)16/h4,6-8,17H,2-3,5H2,1H3. The van der Waals surface area contributed by atoms with Gasteiger partial charge in [0.25, 0.3) is 0 Å². The monoisotopic (exact) mass is 301 g/mol. The molecule has 0 bridgehead atoms. The molecule has 2 aromatic heterocycles. The molecular formula is C13H14F3N3S. The first-order valence-corrected chi connectivity index (χ1v) is 7.00. The number of halogens is 3. The quantitative estimate of drug-likeness (QED) is 0.855. The molecule has 7 heteroatoms. The van der Waals surface area contributed by atoms with Crippen molar-refractivity contribution in [1.82, 2.24) is 15.3 Å². The van der Waals surface area contributed by atoms with Gasteiger partial charge in [-0.3, -0.25) is 4.98 Å². The number of pyridine rings is 1. The van der Waals surface area contributed by atoms with E-state index in [4.69, 9.17) is 0 Å². The van der Waals surface area contributed by atoms with E-state index in [1.165, 1.54) is 6.20 Å². The molecule has 0 unspecified atom stereocenters. The number of thiazole rings is 1. The van der Waals surface area contributed by atoms with Crippen LogP contribution in [0.15, 0.2) is 24.7 Å². The van der Waals surface area contributed by atoms with E-state index >= 15 is 0 Å². The summed E-state index contributed by atoms with van der Waals surface area (Å²) >= 11 is 0.633. The zero-order chi connectivity index (χ0) is 14.6. The summed E-state index contributed by atoms with van der Waals surface area (Å²) in [5.74, 6) is 0. The van der Waals surface area contributed by atoms with Gasteiger partial charge in [0.05, 0.1) is 4.88 Å². The summed E-state index contributed by atoms with van der Waals surface area (Å²) in [5, 5.41) is 2.40. The van der Waals surface area contributed by atoms with Crippen molar-refractivity contribution in [2.24, 2.45) is 0 Å². The topological polar surface area (TPSA) is 37.8 Å². The van der Waals surface area contributed by atoms with Crippen LogP contribution in [-0.4, -0.2) is 16.5 Å². The van der Waals surface area contributed by atoms with E-state index in [1.54, 1.807) is 12.4 Å². The maximum absolute atomic E-state index is 12.5. The van der Waals surface area contributed by atoms with E-state index in [0.717, 1.165) is 18.5 Å². The zero-order valence-electron chi connectivity index (χ0n) is 10.9. The summed E-state index contributed by atoms with van der Waals surface area (Å²) < 4.78 is 37.6. The molecule has 0 atom stereocenters. The Labute approximate surface area is 118 Å². The largest absolute Gasteiger partial charge is 0.443 e. The second-order valence-corrected chi connectivity index (χ2v) is 5.32. The van der Waals surface area contributed by atoms with Gasteiger partial charge >= 0.3 is 6.18 Å². The second-order valence-electron chi connectivity index (χ2n) is 4.29. The predicted molar refractivity (Wildman–Crippen MR) is 72.3 cm³/mol. The van der Waals surface area contributed by atoms with Crippen LogP contribution in [-0.2, 0) is 12.7 Å². The van der Waals surface area contributed by atoms with E-state index in [9.17, 15) is 13.2 Å². The number of rotatable bonds is 5. The van der Waals surface area contributed by atoms with Gasteiger partial charge in [0.1, 0.15) is 0 Å². The van der Waals surface area contributed by atoms with Gasteiger partial charge < -0.3 is 5.32 Å². The summed E-state index contributed by atoms with van der Waals surface area (Å²) in [7, 11) is 0. The van der Waals surface area contributed by atoms with Crippen molar-refractivity contribution in [1.29, 1.82) is 0 Å². The number of nitrogens with zero attached hydrogens (tertiary/aromatic N) is 2. The van der Waals surface area contributed by atoms with Crippen molar-refractivity contribution in [2.75, 3.05) is 6.54 Å². The fourth-order valence-corrected chi connectivity index (χ4v) is 2.43. The fraction of sp³-hybridized carbons (Fsp3) is 0.385. The minimum absolute atomic E-state index is 0.474. The SMILES string of the molecule is CCCNCc1cncc(-c2cnc(C(F)(F)F)s2)c1. The van der Waals surface area contributed by atoms with Gasteiger partial charge in [-0.05, 0) is 24.6 Å². The number of alkyl halides is 3. The minimum atomic E-state index is -4.39. The first kappa shape index (κ1) is 14.9. The Kier molecular flexibility index (Phi) is 4.72. The van der Waals surface area contributed by atoms with Gasteiger partial charge in [-0.15, -0.1) is 11.3 Å². The fourth-order valence-electron chi connectivity index (χ4n) is 1.67. The van der Waals surface area contributed by atoms with Crippen molar-refractivity contribution in [3.8, 4) is 10.4 Å². The van der Waals surface area contributed by atoms with E-state index in [1.807, 2.05) is 6.07 Å². The molecule has 0 fully saturated rings. The molecule has 3 nitrogen and oxygen atoms in total. The number of nitrogens with one attached hydrogen (secondary N) is 1. The average Bonchev–Trinajstić information content (AvgIpc) is 2.89. The molecule has 0 radical (unpaired) electrons. The summed E-state index contributed by atoms with van der Waals surface area (Å²) in [5.41, 5.74) is 1.60. The lowest BCUT2D eigenvalue weighted by Crippen LogP contribution is -2.13. The van der Waals surface area contributed by atoms with E-state index in [-0.39, 0.29) is 0 Å². The van der Waals surface area contributed by atoms with Crippen molar-refractivity contribution >= 4 is 11.3 Å². The molecule has 0 aliphatic heterocycles. The molecule has 0 amide bonds. The maximum Gasteiger partial charge on any atom is 0.443 e. The molecule has 2 aromatic rings. The third-order valence-corrected chi connectivity index (χ3v) is 3.67. The lowest BCUT2D eigenvalue weighted by atomic mass is 10.2. The van der Waals surface area contributed by atoms with Crippen LogP contribution in [0.3, 0.4) is 0 Å². The number of hydrogen-bond acceptors (Lipinski definition) is 4. The van der Waals surface area contributed by atoms with Gasteiger partial charge in [0.2, 0.25) is 0 Å².